The van der Waals surface area contributed by atoms with Crippen LogP contribution in [0.1, 0.15) is 55.5 Å². The quantitative estimate of drug-likeness (QED) is 0.479. The number of allylic oxidation sites excluding steroid dienone is 5. The van der Waals surface area contributed by atoms with Gasteiger partial charge in [0.1, 0.15) is 13.1 Å². The molecule has 0 amide bonds. The van der Waals surface area contributed by atoms with Crippen LogP contribution in [0.2, 0.25) is 0 Å². The Morgan fingerprint density at radius 2 is 1.56 bits per heavy atom. The van der Waals surface area contributed by atoms with Crippen LogP contribution < -0.4 is 4.90 Å². The third-order valence-corrected chi connectivity index (χ3v) is 7.01. The minimum atomic E-state index is 0.989. The van der Waals surface area contributed by atoms with Crippen molar-refractivity contribution in [2.24, 2.45) is 0 Å². The molecule has 0 saturated heterocycles. The third-order valence-electron chi connectivity index (χ3n) is 7.01. The van der Waals surface area contributed by atoms with Gasteiger partial charge in [-0.2, -0.15) is 0 Å². The van der Waals surface area contributed by atoms with Gasteiger partial charge in [0.2, 0.25) is 0 Å². The van der Waals surface area contributed by atoms with E-state index in [-0.39, 0.29) is 0 Å². The number of hydrogen-bond donors (Lipinski definition) is 0. The van der Waals surface area contributed by atoms with Gasteiger partial charge in [0.25, 0.3) is 0 Å². The van der Waals surface area contributed by atoms with Crippen LogP contribution >= 0.6 is 0 Å². The van der Waals surface area contributed by atoms with Gasteiger partial charge in [0.05, 0.1) is 0 Å². The fraction of sp³-hybridized carbons (Fsp3) is 0.367. The molecule has 0 unspecified atom stereocenters. The van der Waals surface area contributed by atoms with Crippen LogP contribution in [0.3, 0.4) is 0 Å². The number of rotatable bonds is 6. The number of hydrogen-bond acceptors (Lipinski definition) is 1. The predicted octanol–water partition coefficient (Wildman–Crippen LogP) is 6.50. The van der Waals surface area contributed by atoms with Gasteiger partial charge in [0, 0.05) is 30.9 Å². The van der Waals surface area contributed by atoms with E-state index in [1.54, 1.807) is 0 Å². The molecule has 0 saturated carbocycles. The second kappa shape index (κ2) is 9.32. The van der Waals surface area contributed by atoms with Crippen molar-refractivity contribution in [2.75, 3.05) is 31.1 Å². The SMILES string of the molecule is CCN(CC)c1ccc2c(c1)CC1=CC(=[N+](CC)CC)C=CC1=C2c1ccc(C)cc1C. The molecular formula is C30H37N2+. The van der Waals surface area contributed by atoms with Gasteiger partial charge < -0.3 is 4.90 Å². The van der Waals surface area contributed by atoms with Gasteiger partial charge in [-0.25, -0.2) is 4.58 Å². The predicted molar refractivity (Wildman–Crippen MR) is 139 cm³/mol. The second-order valence-corrected chi connectivity index (χ2v) is 8.90. The Balaban J connectivity index is 1.96. The zero-order chi connectivity index (χ0) is 22.8. The van der Waals surface area contributed by atoms with Crippen LogP contribution in [0, 0.1) is 13.8 Å². The molecular weight excluding hydrogens is 388 g/mol. The van der Waals surface area contributed by atoms with Crippen molar-refractivity contribution >= 4 is 17.0 Å². The van der Waals surface area contributed by atoms with Crippen LogP contribution in [0.15, 0.2) is 65.8 Å². The molecule has 0 fully saturated rings. The van der Waals surface area contributed by atoms with E-state index in [1.165, 1.54) is 55.9 Å². The standard InChI is InChI=1S/C30H37N2/c1-7-31(8-2)25-12-15-28-23(19-25)18-24-20-26(32(9-3)10-4)13-16-29(24)30(28)27-14-11-21(5)17-22(27)6/h11-17,19-20H,7-10,18H2,1-6H3/q+1. The molecule has 0 heterocycles. The highest BCUT2D eigenvalue weighted by atomic mass is 15.1. The number of anilines is 1. The molecule has 2 aliphatic rings. The van der Waals surface area contributed by atoms with E-state index in [1.807, 2.05) is 0 Å². The van der Waals surface area contributed by atoms with E-state index in [0.29, 0.717) is 0 Å². The molecule has 0 aliphatic heterocycles. The van der Waals surface area contributed by atoms with Crippen molar-refractivity contribution in [1.29, 1.82) is 0 Å². The van der Waals surface area contributed by atoms with Crippen molar-refractivity contribution in [3.8, 4) is 0 Å². The lowest BCUT2D eigenvalue weighted by Crippen LogP contribution is -2.23. The molecule has 0 aromatic heterocycles. The lowest BCUT2D eigenvalue weighted by molar-refractivity contribution is -0.519. The van der Waals surface area contributed by atoms with Crippen molar-refractivity contribution in [1.82, 2.24) is 0 Å². The summed E-state index contributed by atoms with van der Waals surface area (Å²) in [6, 6.07) is 14.0. The maximum absolute atomic E-state index is 2.44. The van der Waals surface area contributed by atoms with Gasteiger partial charge in [-0.15, -0.1) is 0 Å². The summed E-state index contributed by atoms with van der Waals surface area (Å²) in [6.45, 7) is 17.5. The maximum Gasteiger partial charge on any atom is 0.200 e. The molecule has 0 bridgehead atoms. The third kappa shape index (κ3) is 3.99. The summed E-state index contributed by atoms with van der Waals surface area (Å²) < 4.78 is 2.44. The fourth-order valence-electron chi connectivity index (χ4n) is 5.25. The Morgan fingerprint density at radius 1 is 0.844 bits per heavy atom. The van der Waals surface area contributed by atoms with Gasteiger partial charge in [-0.1, -0.05) is 29.8 Å². The lowest BCUT2D eigenvalue weighted by atomic mass is 9.76. The fourth-order valence-corrected chi connectivity index (χ4v) is 5.25. The van der Waals surface area contributed by atoms with Crippen molar-refractivity contribution in [3.63, 3.8) is 0 Å². The first-order chi connectivity index (χ1) is 15.5. The summed E-state index contributed by atoms with van der Waals surface area (Å²) in [7, 11) is 0. The number of benzene rings is 2. The minimum absolute atomic E-state index is 0.989. The molecule has 2 aromatic carbocycles. The van der Waals surface area contributed by atoms with Gasteiger partial charge in [0.15, 0.2) is 5.71 Å². The molecule has 0 radical (unpaired) electrons. The first-order valence-corrected chi connectivity index (χ1v) is 12.2. The van der Waals surface area contributed by atoms with Crippen molar-refractivity contribution in [3.05, 3.63) is 93.6 Å². The van der Waals surface area contributed by atoms with Gasteiger partial charge >= 0.3 is 0 Å². The molecule has 2 heteroatoms. The summed E-state index contributed by atoms with van der Waals surface area (Å²) >= 11 is 0. The lowest BCUT2D eigenvalue weighted by Gasteiger charge is -2.29. The van der Waals surface area contributed by atoms with Crippen molar-refractivity contribution < 1.29 is 4.58 Å². The number of aryl methyl sites for hydroxylation is 2. The molecule has 2 aromatic rings. The van der Waals surface area contributed by atoms with E-state index in [9.17, 15) is 0 Å². The first-order valence-electron chi connectivity index (χ1n) is 12.2. The molecule has 166 valence electrons. The molecule has 0 N–H and O–H groups in total. The maximum atomic E-state index is 2.44. The zero-order valence-corrected chi connectivity index (χ0v) is 20.6. The van der Waals surface area contributed by atoms with Crippen LogP contribution in [-0.4, -0.2) is 36.5 Å². The van der Waals surface area contributed by atoms with E-state index in [4.69, 9.17) is 0 Å². The molecule has 0 spiro atoms. The van der Waals surface area contributed by atoms with E-state index in [0.717, 1.165) is 32.6 Å². The van der Waals surface area contributed by atoms with Crippen LogP contribution in [0.5, 0.6) is 0 Å². The van der Waals surface area contributed by atoms with Crippen LogP contribution in [-0.2, 0) is 6.42 Å². The highest BCUT2D eigenvalue weighted by Crippen LogP contribution is 2.42. The molecule has 0 atom stereocenters. The summed E-state index contributed by atoms with van der Waals surface area (Å²) in [5, 5.41) is 0. The molecule has 32 heavy (non-hydrogen) atoms. The average Bonchev–Trinajstić information content (AvgIpc) is 2.79. The zero-order valence-electron chi connectivity index (χ0n) is 20.6. The highest BCUT2D eigenvalue weighted by Gasteiger charge is 2.27. The Morgan fingerprint density at radius 3 is 2.22 bits per heavy atom. The topological polar surface area (TPSA) is 6.25 Å². The normalized spacial score (nSPS) is 14.8. The number of fused-ring (bicyclic) bond motifs is 2. The summed E-state index contributed by atoms with van der Waals surface area (Å²) in [5.74, 6) is 0. The van der Waals surface area contributed by atoms with Gasteiger partial charge in [-0.05, 0) is 105 Å². The highest BCUT2D eigenvalue weighted by molar-refractivity contribution is 6.06. The van der Waals surface area contributed by atoms with E-state index in [2.05, 4.69) is 106 Å². The smallest absolute Gasteiger partial charge is 0.200 e. The molecule has 2 aliphatic carbocycles. The molecule has 4 rings (SSSR count). The largest absolute Gasteiger partial charge is 0.372 e. The Labute approximate surface area is 194 Å². The monoisotopic (exact) mass is 425 g/mol. The Kier molecular flexibility index (Phi) is 6.50. The average molecular weight is 426 g/mol. The summed E-state index contributed by atoms with van der Waals surface area (Å²) in [6.07, 6.45) is 8.09. The molecule has 2 nitrogen and oxygen atoms in total. The second-order valence-electron chi connectivity index (χ2n) is 8.90. The Hall–Kier alpha value is -2.87. The van der Waals surface area contributed by atoms with Crippen molar-refractivity contribution in [2.45, 2.75) is 48.0 Å². The van der Waals surface area contributed by atoms with Crippen LogP contribution in [0.4, 0.5) is 5.69 Å². The van der Waals surface area contributed by atoms with E-state index < -0.39 is 0 Å². The van der Waals surface area contributed by atoms with Crippen LogP contribution in [0.25, 0.3) is 5.57 Å². The summed E-state index contributed by atoms with van der Waals surface area (Å²) in [4.78, 5) is 2.44. The first kappa shape index (κ1) is 22.3. The summed E-state index contributed by atoms with van der Waals surface area (Å²) in [5.41, 5.74) is 13.7. The van der Waals surface area contributed by atoms with E-state index >= 15 is 0 Å². The number of nitrogens with zero attached hydrogens (tertiary/aromatic N) is 2. The Bertz CT molecular complexity index is 1150. The minimum Gasteiger partial charge on any atom is -0.372 e. The van der Waals surface area contributed by atoms with Gasteiger partial charge in [-0.3, -0.25) is 0 Å².